The van der Waals surface area contributed by atoms with Crippen molar-refractivity contribution < 1.29 is 22.7 Å². The van der Waals surface area contributed by atoms with E-state index < -0.39 is 28.5 Å². The lowest BCUT2D eigenvalue weighted by molar-refractivity contribution is -0.139. The van der Waals surface area contributed by atoms with Gasteiger partial charge in [-0.05, 0) is 48.6 Å². The fraction of sp³-hybridized carbons (Fsp3) is 0.481. The Balaban J connectivity index is 2.43. The van der Waals surface area contributed by atoms with Crippen LogP contribution >= 0.6 is 0 Å². The minimum Gasteiger partial charge on any atom is -0.497 e. The van der Waals surface area contributed by atoms with Gasteiger partial charge in [-0.2, -0.15) is 0 Å². The number of benzene rings is 2. The van der Waals surface area contributed by atoms with Crippen LogP contribution in [0.3, 0.4) is 0 Å². The lowest BCUT2D eigenvalue weighted by atomic mass is 10.0. The van der Waals surface area contributed by atoms with Crippen molar-refractivity contribution >= 4 is 27.5 Å². The molecular formula is C27H39N3O5S. The molecule has 9 heteroatoms. The number of hydrogen-bond acceptors (Lipinski definition) is 5. The fourth-order valence-electron chi connectivity index (χ4n) is 3.88. The zero-order valence-electron chi connectivity index (χ0n) is 22.2. The number of nitrogens with zero attached hydrogens (tertiary/aromatic N) is 2. The second kappa shape index (κ2) is 13.3. The van der Waals surface area contributed by atoms with Crippen LogP contribution in [0.25, 0.3) is 0 Å². The summed E-state index contributed by atoms with van der Waals surface area (Å²) in [5, 5.41) is 2.88. The number of rotatable bonds is 13. The third-order valence-corrected chi connectivity index (χ3v) is 7.12. The number of anilines is 1. The fourth-order valence-corrected chi connectivity index (χ4v) is 4.75. The first-order valence-electron chi connectivity index (χ1n) is 12.3. The highest BCUT2D eigenvalue weighted by atomic mass is 32.2. The third kappa shape index (κ3) is 7.98. The molecule has 0 heterocycles. The van der Waals surface area contributed by atoms with Crippen molar-refractivity contribution in [1.82, 2.24) is 10.2 Å². The smallest absolute Gasteiger partial charge is 0.244 e. The number of ether oxygens (including phenoxy) is 1. The molecule has 0 bridgehead atoms. The molecule has 198 valence electrons. The van der Waals surface area contributed by atoms with E-state index in [1.165, 1.54) is 4.90 Å². The summed E-state index contributed by atoms with van der Waals surface area (Å²) in [5.74, 6) is -0.0755. The average Bonchev–Trinajstić information content (AvgIpc) is 2.84. The summed E-state index contributed by atoms with van der Waals surface area (Å²) in [7, 11) is -2.23. The zero-order chi connectivity index (χ0) is 26.9. The molecule has 0 saturated heterocycles. The first-order chi connectivity index (χ1) is 17.0. The number of carbonyl (C=O) groups is 2. The predicted molar refractivity (Wildman–Crippen MR) is 144 cm³/mol. The van der Waals surface area contributed by atoms with Crippen LogP contribution in [-0.4, -0.2) is 57.6 Å². The Labute approximate surface area is 215 Å². The molecule has 2 amide bonds. The van der Waals surface area contributed by atoms with Crippen LogP contribution in [0.2, 0.25) is 0 Å². The Morgan fingerprint density at radius 3 is 2.36 bits per heavy atom. The van der Waals surface area contributed by atoms with Gasteiger partial charge >= 0.3 is 0 Å². The van der Waals surface area contributed by atoms with Gasteiger partial charge in [-0.1, -0.05) is 57.5 Å². The van der Waals surface area contributed by atoms with Crippen LogP contribution in [0.4, 0.5) is 5.69 Å². The van der Waals surface area contributed by atoms with Crippen molar-refractivity contribution in [3.8, 4) is 5.75 Å². The Morgan fingerprint density at radius 2 is 1.75 bits per heavy atom. The van der Waals surface area contributed by atoms with Gasteiger partial charge in [-0.3, -0.25) is 13.9 Å². The van der Waals surface area contributed by atoms with E-state index in [-0.39, 0.29) is 18.4 Å². The molecule has 0 aliphatic heterocycles. The van der Waals surface area contributed by atoms with E-state index in [4.69, 9.17) is 4.74 Å². The van der Waals surface area contributed by atoms with Crippen LogP contribution in [0, 0.1) is 0 Å². The van der Waals surface area contributed by atoms with Gasteiger partial charge < -0.3 is 15.0 Å². The highest BCUT2D eigenvalue weighted by Crippen LogP contribution is 2.29. The summed E-state index contributed by atoms with van der Waals surface area (Å²) in [5.41, 5.74) is 2.05. The quantitative estimate of drug-likeness (QED) is 0.406. The summed E-state index contributed by atoms with van der Waals surface area (Å²) in [6.45, 7) is 7.85. The number of para-hydroxylation sites is 1. The molecule has 8 nitrogen and oxygen atoms in total. The second-order valence-corrected chi connectivity index (χ2v) is 11.1. The number of amides is 2. The number of unbranched alkanes of at least 4 members (excludes halogenated alkanes) is 1. The van der Waals surface area contributed by atoms with Crippen LogP contribution in [0.1, 0.15) is 57.6 Å². The van der Waals surface area contributed by atoms with Gasteiger partial charge in [-0.25, -0.2) is 8.42 Å². The van der Waals surface area contributed by atoms with Crippen LogP contribution in [-0.2, 0) is 26.2 Å². The topological polar surface area (TPSA) is 96.0 Å². The highest BCUT2D eigenvalue weighted by Gasteiger charge is 2.31. The highest BCUT2D eigenvalue weighted by molar-refractivity contribution is 7.92. The SMILES string of the molecule is CCCCNC(=O)[C@@H](C)N(Cc1cccc(OC)c1)C(=O)CN(c1ccccc1C(C)C)S(C)(=O)=O. The Morgan fingerprint density at radius 1 is 1.06 bits per heavy atom. The van der Waals surface area contributed by atoms with Gasteiger partial charge in [0.05, 0.1) is 19.1 Å². The van der Waals surface area contributed by atoms with Gasteiger partial charge in [0.1, 0.15) is 18.3 Å². The average molecular weight is 518 g/mol. The van der Waals surface area contributed by atoms with E-state index in [9.17, 15) is 18.0 Å². The van der Waals surface area contributed by atoms with Crippen molar-refractivity contribution in [3.05, 3.63) is 59.7 Å². The standard InChI is InChI=1S/C27H39N3O5S/c1-7-8-16-28-27(32)21(4)29(18-22-12-11-13-23(17-22)35-5)26(31)19-30(36(6,33)34)25-15-10-9-14-24(25)20(2)3/h9-15,17,20-21H,7-8,16,18-19H2,1-6H3,(H,28,32)/t21-/m1/s1. The van der Waals surface area contributed by atoms with E-state index in [2.05, 4.69) is 5.32 Å². The monoisotopic (exact) mass is 517 g/mol. The summed E-state index contributed by atoms with van der Waals surface area (Å²) >= 11 is 0. The van der Waals surface area contributed by atoms with Crippen LogP contribution in [0.15, 0.2) is 48.5 Å². The second-order valence-electron chi connectivity index (χ2n) is 9.18. The zero-order valence-corrected chi connectivity index (χ0v) is 23.0. The maximum atomic E-state index is 13.7. The molecule has 2 aromatic rings. The summed E-state index contributed by atoms with van der Waals surface area (Å²) < 4.78 is 32.1. The molecule has 0 spiro atoms. The van der Waals surface area contributed by atoms with Gasteiger partial charge in [0, 0.05) is 13.1 Å². The molecule has 2 aromatic carbocycles. The molecule has 1 atom stereocenters. The van der Waals surface area contributed by atoms with Crippen molar-refractivity contribution in [2.24, 2.45) is 0 Å². The molecule has 0 fully saturated rings. The number of sulfonamides is 1. The molecule has 1 N–H and O–H groups in total. The minimum atomic E-state index is -3.78. The van der Waals surface area contributed by atoms with E-state index in [1.807, 2.05) is 45.0 Å². The van der Waals surface area contributed by atoms with Gasteiger partial charge in [0.15, 0.2) is 0 Å². The van der Waals surface area contributed by atoms with E-state index >= 15 is 0 Å². The van der Waals surface area contributed by atoms with Crippen molar-refractivity contribution in [2.75, 3.05) is 30.8 Å². The Hall–Kier alpha value is -3.07. The number of carbonyl (C=O) groups excluding carboxylic acids is 2. The lowest BCUT2D eigenvalue weighted by Gasteiger charge is -2.32. The third-order valence-electron chi connectivity index (χ3n) is 5.99. The molecule has 0 aromatic heterocycles. The predicted octanol–water partition coefficient (Wildman–Crippen LogP) is 3.92. The van der Waals surface area contributed by atoms with Gasteiger partial charge in [0.2, 0.25) is 21.8 Å². The Kier molecular flexibility index (Phi) is 10.8. The molecule has 0 aliphatic carbocycles. The van der Waals surface area contributed by atoms with Crippen LogP contribution in [0.5, 0.6) is 5.75 Å². The molecule has 2 rings (SSSR count). The maximum Gasteiger partial charge on any atom is 0.244 e. The van der Waals surface area contributed by atoms with Crippen molar-refractivity contribution in [1.29, 1.82) is 0 Å². The van der Waals surface area contributed by atoms with Gasteiger partial charge in [0.25, 0.3) is 0 Å². The number of methoxy groups -OCH3 is 1. The molecule has 0 unspecified atom stereocenters. The minimum absolute atomic E-state index is 0.0525. The van der Waals surface area contributed by atoms with Gasteiger partial charge in [-0.15, -0.1) is 0 Å². The van der Waals surface area contributed by atoms with Crippen LogP contribution < -0.4 is 14.4 Å². The van der Waals surface area contributed by atoms with E-state index in [0.717, 1.165) is 34.5 Å². The van der Waals surface area contributed by atoms with E-state index in [0.29, 0.717) is 18.0 Å². The molecule has 0 saturated carbocycles. The molecule has 0 aliphatic rings. The molecule has 36 heavy (non-hydrogen) atoms. The normalized spacial score (nSPS) is 12.2. The maximum absolute atomic E-state index is 13.7. The molecule has 0 radical (unpaired) electrons. The molecular weight excluding hydrogens is 478 g/mol. The summed E-state index contributed by atoms with van der Waals surface area (Å²) in [6.07, 6.45) is 2.85. The van der Waals surface area contributed by atoms with Crippen molar-refractivity contribution in [3.63, 3.8) is 0 Å². The first-order valence-corrected chi connectivity index (χ1v) is 14.1. The number of hydrogen-bond donors (Lipinski definition) is 1. The number of nitrogens with one attached hydrogen (secondary N) is 1. The summed E-state index contributed by atoms with van der Waals surface area (Å²) in [6, 6.07) is 13.6. The lowest BCUT2D eigenvalue weighted by Crippen LogP contribution is -2.51. The summed E-state index contributed by atoms with van der Waals surface area (Å²) in [4.78, 5) is 28.0. The Bertz CT molecular complexity index is 1130. The van der Waals surface area contributed by atoms with Crippen molar-refractivity contribution in [2.45, 2.75) is 59.0 Å². The van der Waals surface area contributed by atoms with E-state index in [1.54, 1.807) is 38.3 Å². The largest absolute Gasteiger partial charge is 0.497 e. The first kappa shape index (κ1) is 29.2.